The first-order valence-electron chi connectivity index (χ1n) is 25.2. The molecule has 1 fully saturated rings. The van der Waals surface area contributed by atoms with Crippen molar-refractivity contribution in [3.05, 3.63) is 53.5 Å². The largest absolute Gasteiger partial charge is 0.477 e. The number of rotatable bonds is 43. The molecule has 1 saturated heterocycles. The van der Waals surface area contributed by atoms with Crippen molar-refractivity contribution in [1.29, 1.82) is 5.53 Å². The highest BCUT2D eigenvalue weighted by atomic mass is 16.7. The first-order chi connectivity index (χ1) is 35.9. The number of carbonyl (C=O) groups excluding carboxylic acids is 3. The summed E-state index contributed by atoms with van der Waals surface area (Å²) in [6, 6.07) is 5.27. The highest BCUT2D eigenvalue weighted by Crippen LogP contribution is 2.34. The van der Waals surface area contributed by atoms with E-state index in [1.165, 1.54) is 0 Å². The molecular weight excluding hydrogens is 975 g/mol. The number of aromatic nitrogens is 3. The van der Waals surface area contributed by atoms with Crippen LogP contribution in [0.5, 0.6) is 0 Å². The van der Waals surface area contributed by atoms with Crippen LogP contribution in [0.15, 0.2) is 41.8 Å². The van der Waals surface area contributed by atoms with Gasteiger partial charge in [-0.2, -0.15) is 5.11 Å². The van der Waals surface area contributed by atoms with E-state index in [1.807, 2.05) is 18.4 Å². The highest BCUT2D eigenvalue weighted by Gasteiger charge is 2.55. The average Bonchev–Trinajstić information content (AvgIpc) is 3.85. The summed E-state index contributed by atoms with van der Waals surface area (Å²) >= 11 is 0. The van der Waals surface area contributed by atoms with Gasteiger partial charge in [-0.1, -0.05) is 49.2 Å². The zero-order chi connectivity index (χ0) is 53.8. The molecule has 6 atom stereocenters. The van der Waals surface area contributed by atoms with Crippen molar-refractivity contribution in [2.24, 2.45) is 5.11 Å². The van der Waals surface area contributed by atoms with Crippen LogP contribution in [0.3, 0.4) is 0 Å². The van der Waals surface area contributed by atoms with Crippen LogP contribution in [0.25, 0.3) is 5.70 Å². The van der Waals surface area contributed by atoms with Gasteiger partial charge < -0.3 is 84.7 Å². The SMILES string of the molecule is CCCNC(=O)CCOCCOCCOCCOCC[NH2+]/C=C(\N=N)c1ccc(CC(=O)NC[C@@H](O)[C@@H](O)[C@@H]2O[C@@](OCCCCCCc3cn(CCOCCOC)nn3)(C(=O)O)C[C@H](O)[C@H]2NC(=O)CO)cc1. The van der Waals surface area contributed by atoms with Gasteiger partial charge >= 0.3 is 5.97 Å². The summed E-state index contributed by atoms with van der Waals surface area (Å²) in [5, 5.41) is 74.5. The van der Waals surface area contributed by atoms with Crippen molar-refractivity contribution in [1.82, 2.24) is 30.9 Å². The molecule has 1 aromatic carbocycles. The second-order valence-electron chi connectivity index (χ2n) is 17.2. The molecule has 0 aliphatic carbocycles. The fourth-order valence-corrected chi connectivity index (χ4v) is 7.33. The van der Waals surface area contributed by atoms with Crippen LogP contribution in [-0.2, 0) is 76.5 Å². The summed E-state index contributed by atoms with van der Waals surface area (Å²) in [4.78, 5) is 49.4. The van der Waals surface area contributed by atoms with Gasteiger partial charge in [-0.05, 0) is 31.2 Å². The Morgan fingerprint density at radius 1 is 0.892 bits per heavy atom. The van der Waals surface area contributed by atoms with Gasteiger partial charge in [0.25, 0.3) is 5.79 Å². The smallest absolute Gasteiger partial charge is 0.364 e. The zero-order valence-corrected chi connectivity index (χ0v) is 42.7. The Balaban J connectivity index is 1.38. The van der Waals surface area contributed by atoms with Crippen molar-refractivity contribution in [2.45, 2.75) is 108 Å². The lowest BCUT2D eigenvalue weighted by molar-refractivity contribution is -0.589. The third-order valence-corrected chi connectivity index (χ3v) is 11.4. The fourth-order valence-electron chi connectivity index (χ4n) is 7.33. The van der Waals surface area contributed by atoms with Crippen LogP contribution in [0, 0.1) is 5.53 Å². The fraction of sp³-hybridized carbons (Fsp3) is 0.708. The summed E-state index contributed by atoms with van der Waals surface area (Å²) in [6.07, 6.45) is 0.0992. The van der Waals surface area contributed by atoms with Crippen molar-refractivity contribution in [2.75, 3.05) is 113 Å². The molecule has 418 valence electrons. The molecule has 74 heavy (non-hydrogen) atoms. The molecule has 2 heterocycles. The Labute approximate surface area is 431 Å². The standard InChI is InChI=1S/C48H79N9O17/c1-3-14-51-41(61)13-18-68-23-25-71-27-28-72-26-24-69-19-15-50-31-38(54-49)36-11-9-35(10-12-36)29-42(62)52-32-40(60)45(64)46-44(53-43(63)34-58)39(59)30-48(74-46,47(65)66)73-17-7-5-4-6-8-37-33-57(56-55-37)16-20-70-22-21-67-2/h9-12,31,33,39-40,44-46,49-50,58-60,64H,3-8,13-30,32,34H2,1-2H3,(H,51,61)(H,52,62)(H,53,63)(H,65,66)/p+1/b38-31-,54-49?/t39-,40+,44+,45+,46+,48+/m0/s1. The highest BCUT2D eigenvalue weighted by molar-refractivity contribution is 5.79. The minimum absolute atomic E-state index is 0.0245. The molecule has 0 bridgehead atoms. The molecule has 0 radical (unpaired) electrons. The number of aliphatic hydroxyl groups excluding tert-OH is 4. The van der Waals surface area contributed by atoms with Gasteiger partial charge in [0.15, 0.2) is 0 Å². The van der Waals surface area contributed by atoms with Gasteiger partial charge in [-0.15, -0.1) is 5.10 Å². The molecule has 0 unspecified atom stereocenters. The monoisotopic (exact) mass is 1050 g/mol. The number of aliphatic carboxylic acids is 1. The van der Waals surface area contributed by atoms with Gasteiger partial charge in [-0.3, -0.25) is 14.4 Å². The van der Waals surface area contributed by atoms with Gasteiger partial charge in [0.1, 0.15) is 37.3 Å². The maximum absolute atomic E-state index is 13.0. The second kappa shape index (κ2) is 37.7. The van der Waals surface area contributed by atoms with E-state index in [1.54, 1.807) is 42.3 Å². The lowest BCUT2D eigenvalue weighted by Crippen LogP contribution is -2.79. The molecule has 11 N–H and O–H groups in total. The Bertz CT molecular complexity index is 1930. The number of unbranched alkanes of at least 4 members (excludes halogenated alkanes) is 3. The molecule has 3 amide bonds. The molecule has 0 spiro atoms. The van der Waals surface area contributed by atoms with Crippen LogP contribution in [0.2, 0.25) is 0 Å². The van der Waals surface area contributed by atoms with Gasteiger partial charge in [0.05, 0.1) is 116 Å². The number of carbonyl (C=O) groups is 4. The lowest BCUT2D eigenvalue weighted by atomic mass is 9.88. The second-order valence-corrected chi connectivity index (χ2v) is 17.2. The van der Waals surface area contributed by atoms with E-state index in [9.17, 15) is 44.7 Å². The van der Waals surface area contributed by atoms with Crippen LogP contribution in [-0.4, -0.2) is 213 Å². The summed E-state index contributed by atoms with van der Waals surface area (Å²) in [5.41, 5.74) is 10.1. The average molecular weight is 1060 g/mol. The predicted molar refractivity (Wildman–Crippen MR) is 262 cm³/mol. The van der Waals surface area contributed by atoms with Crippen molar-refractivity contribution in [3.63, 3.8) is 0 Å². The number of methoxy groups -OCH3 is 1. The van der Waals surface area contributed by atoms with Crippen LogP contribution in [0.1, 0.15) is 68.7 Å². The molecule has 1 aliphatic rings. The predicted octanol–water partition coefficient (Wildman–Crippen LogP) is -1.58. The Morgan fingerprint density at radius 3 is 2.22 bits per heavy atom. The number of hydrogen-bond donors (Lipinski definition) is 10. The lowest BCUT2D eigenvalue weighted by Gasteiger charge is -2.46. The van der Waals surface area contributed by atoms with Crippen LogP contribution < -0.4 is 21.3 Å². The first-order valence-corrected chi connectivity index (χ1v) is 25.2. The minimum atomic E-state index is -2.47. The number of ether oxygens (including phenoxy) is 8. The number of quaternary nitrogens is 1. The van der Waals surface area contributed by atoms with E-state index < -0.39 is 73.6 Å². The number of nitrogens with one attached hydrogen (secondary N) is 4. The Morgan fingerprint density at radius 2 is 1.55 bits per heavy atom. The number of carboxylic acid groups (broad SMARTS) is 1. The summed E-state index contributed by atoms with van der Waals surface area (Å²) in [5.74, 6) is -5.60. The van der Waals surface area contributed by atoms with E-state index in [0.717, 1.165) is 25.0 Å². The molecule has 26 heteroatoms. The van der Waals surface area contributed by atoms with Crippen molar-refractivity contribution < 1.29 is 87.9 Å². The van der Waals surface area contributed by atoms with Crippen molar-refractivity contribution in [3.8, 4) is 0 Å². The van der Waals surface area contributed by atoms with Crippen LogP contribution in [0.4, 0.5) is 0 Å². The van der Waals surface area contributed by atoms with Gasteiger partial charge in [0.2, 0.25) is 17.7 Å². The van der Waals surface area contributed by atoms with Gasteiger partial charge in [0, 0.05) is 44.8 Å². The summed E-state index contributed by atoms with van der Waals surface area (Å²) < 4.78 is 45.6. The van der Waals surface area contributed by atoms with E-state index >= 15 is 0 Å². The number of carboxylic acids is 1. The summed E-state index contributed by atoms with van der Waals surface area (Å²) in [7, 11) is 1.60. The van der Waals surface area contributed by atoms with E-state index in [0.29, 0.717) is 135 Å². The number of benzene rings is 1. The Kier molecular flexibility index (Phi) is 32.3. The zero-order valence-electron chi connectivity index (χ0n) is 42.7. The number of nitrogens with zero attached hydrogens (tertiary/aromatic N) is 4. The number of amides is 3. The Hall–Kier alpha value is -4.94. The molecule has 2 aromatic rings. The minimum Gasteiger partial charge on any atom is -0.477 e. The van der Waals surface area contributed by atoms with E-state index in [-0.39, 0.29) is 18.9 Å². The first kappa shape index (κ1) is 63.4. The molecule has 1 aliphatic heterocycles. The molecular formula is C48H80N9O17+. The van der Waals surface area contributed by atoms with Gasteiger partial charge in [-0.25, -0.2) is 15.0 Å². The third-order valence-electron chi connectivity index (χ3n) is 11.4. The van der Waals surface area contributed by atoms with E-state index in [4.69, 9.17) is 43.4 Å². The van der Waals surface area contributed by atoms with Crippen LogP contribution >= 0.6 is 0 Å². The number of aryl methyl sites for hydroxylation is 1. The normalized spacial score (nSPS) is 18.7. The van der Waals surface area contributed by atoms with Crippen molar-refractivity contribution >= 4 is 29.4 Å². The molecule has 1 aromatic heterocycles. The number of aliphatic hydroxyl groups is 4. The molecule has 3 rings (SSSR count). The van der Waals surface area contributed by atoms with E-state index in [2.05, 4.69) is 31.4 Å². The maximum atomic E-state index is 13.0. The maximum Gasteiger partial charge on any atom is 0.364 e. The topological polar surface area (TPSA) is 363 Å². The molecule has 26 nitrogen and oxygen atoms in total. The number of hydrogen-bond acceptors (Lipinski definition) is 20. The quantitative estimate of drug-likeness (QED) is 0.0265. The molecule has 0 saturated carbocycles. The summed E-state index contributed by atoms with van der Waals surface area (Å²) in [6.45, 7) is 6.82. The third kappa shape index (κ3) is 25.1. The number of nitrogens with two attached hydrogens (primary N) is 1.